The van der Waals surface area contributed by atoms with Crippen LogP contribution in [0.3, 0.4) is 0 Å². The molecule has 2 heterocycles. The summed E-state index contributed by atoms with van der Waals surface area (Å²) in [6.07, 6.45) is -2.68. The van der Waals surface area contributed by atoms with E-state index < -0.39 is 24.2 Å². The smallest absolute Gasteiger partial charge is 0.335 e. The van der Waals surface area contributed by atoms with E-state index in [1.54, 1.807) is 59.5 Å². The van der Waals surface area contributed by atoms with Crippen molar-refractivity contribution in [1.29, 1.82) is 0 Å². The molecule has 1 aliphatic rings. The van der Waals surface area contributed by atoms with E-state index in [2.05, 4.69) is 4.98 Å². The van der Waals surface area contributed by atoms with Gasteiger partial charge in [0.1, 0.15) is 0 Å². The first-order valence-electron chi connectivity index (χ1n) is 13.0. The third kappa shape index (κ3) is 5.97. The molecule has 0 saturated carbocycles. The Morgan fingerprint density at radius 2 is 1.65 bits per heavy atom. The largest absolute Gasteiger partial charge is 0.471 e. The minimum Gasteiger partial charge on any atom is -0.335 e. The molecule has 4 aromatic rings. The van der Waals surface area contributed by atoms with Crippen molar-refractivity contribution in [2.24, 2.45) is 0 Å². The fourth-order valence-corrected chi connectivity index (χ4v) is 5.67. The maximum absolute atomic E-state index is 13.9. The van der Waals surface area contributed by atoms with Gasteiger partial charge in [0.15, 0.2) is 0 Å². The second kappa shape index (κ2) is 11.7. The molecule has 0 aliphatic carbocycles. The lowest BCUT2D eigenvalue weighted by Gasteiger charge is -2.44. The van der Waals surface area contributed by atoms with Crippen LogP contribution in [-0.2, 0) is 17.8 Å². The maximum atomic E-state index is 13.9. The van der Waals surface area contributed by atoms with Crippen LogP contribution in [0.1, 0.15) is 34.3 Å². The number of halogens is 4. The Balaban J connectivity index is 1.48. The summed E-state index contributed by atoms with van der Waals surface area (Å²) < 4.78 is 41.7. The second-order valence-electron chi connectivity index (χ2n) is 9.92. The number of hydrogen-bond acceptors (Lipinski definition) is 3. The number of carbonyl (C=O) groups is 2. The maximum Gasteiger partial charge on any atom is 0.471 e. The van der Waals surface area contributed by atoms with Crippen LogP contribution in [-0.4, -0.2) is 51.4 Å². The molecule has 40 heavy (non-hydrogen) atoms. The second-order valence-corrected chi connectivity index (χ2v) is 10.3. The molecule has 2 atom stereocenters. The van der Waals surface area contributed by atoms with Crippen molar-refractivity contribution in [2.75, 3.05) is 6.54 Å². The molecule has 0 bridgehead atoms. The van der Waals surface area contributed by atoms with E-state index in [-0.39, 0.29) is 31.8 Å². The van der Waals surface area contributed by atoms with Crippen LogP contribution < -0.4 is 0 Å². The summed E-state index contributed by atoms with van der Waals surface area (Å²) in [6.45, 7) is -0.0342. The number of carbonyl (C=O) groups excluding carboxylic acids is 2. The van der Waals surface area contributed by atoms with Gasteiger partial charge in [-0.1, -0.05) is 72.3 Å². The van der Waals surface area contributed by atoms with E-state index in [9.17, 15) is 22.8 Å². The Bertz CT molecular complexity index is 1510. The van der Waals surface area contributed by atoms with Gasteiger partial charge >= 0.3 is 12.1 Å². The van der Waals surface area contributed by atoms with Crippen LogP contribution in [0.5, 0.6) is 0 Å². The Morgan fingerprint density at radius 3 is 2.40 bits per heavy atom. The molecule has 0 radical (unpaired) electrons. The monoisotopic (exact) mass is 565 g/mol. The van der Waals surface area contributed by atoms with Crippen LogP contribution in [0.25, 0.3) is 10.9 Å². The number of piperidine rings is 1. The molecule has 2 unspecified atom stereocenters. The van der Waals surface area contributed by atoms with Crippen LogP contribution in [0.15, 0.2) is 91.1 Å². The number of fused-ring (bicyclic) bond motifs is 1. The van der Waals surface area contributed by atoms with E-state index in [1.165, 1.54) is 6.20 Å². The summed E-state index contributed by atoms with van der Waals surface area (Å²) in [7, 11) is 0. The van der Waals surface area contributed by atoms with Gasteiger partial charge in [0, 0.05) is 36.8 Å². The van der Waals surface area contributed by atoms with Gasteiger partial charge in [0.2, 0.25) is 0 Å². The fraction of sp³-hybridized carbons (Fsp3) is 0.258. The first-order chi connectivity index (χ1) is 19.2. The van der Waals surface area contributed by atoms with Crippen LogP contribution in [0.4, 0.5) is 13.2 Å². The summed E-state index contributed by atoms with van der Waals surface area (Å²) in [6, 6.07) is 23.8. The fourth-order valence-electron chi connectivity index (χ4n) is 5.46. The van der Waals surface area contributed by atoms with Crippen LogP contribution in [0.2, 0.25) is 5.02 Å². The summed E-state index contributed by atoms with van der Waals surface area (Å²) in [5, 5.41) is 1.00. The molecule has 1 aromatic heterocycles. The van der Waals surface area contributed by atoms with E-state index in [1.807, 2.05) is 30.3 Å². The zero-order chi connectivity index (χ0) is 28.3. The van der Waals surface area contributed by atoms with Gasteiger partial charge in [-0.2, -0.15) is 13.2 Å². The first-order valence-corrected chi connectivity index (χ1v) is 13.4. The van der Waals surface area contributed by atoms with Crippen molar-refractivity contribution in [2.45, 2.75) is 44.1 Å². The summed E-state index contributed by atoms with van der Waals surface area (Å²) >= 11 is 6.32. The number of pyridine rings is 1. The van der Waals surface area contributed by atoms with Crippen molar-refractivity contribution in [3.05, 3.63) is 113 Å². The lowest BCUT2D eigenvalue weighted by Crippen LogP contribution is -2.55. The van der Waals surface area contributed by atoms with E-state index in [0.29, 0.717) is 33.5 Å². The van der Waals surface area contributed by atoms with Gasteiger partial charge in [-0.05, 0) is 54.7 Å². The van der Waals surface area contributed by atoms with Crippen LogP contribution in [0, 0.1) is 0 Å². The zero-order valence-electron chi connectivity index (χ0n) is 21.5. The molecule has 5 nitrogen and oxygen atoms in total. The third-order valence-corrected chi connectivity index (χ3v) is 7.72. The van der Waals surface area contributed by atoms with Crippen molar-refractivity contribution in [3.8, 4) is 0 Å². The Labute approximate surface area is 235 Å². The van der Waals surface area contributed by atoms with Gasteiger partial charge in [-0.25, -0.2) is 0 Å². The van der Waals surface area contributed by atoms with Crippen molar-refractivity contribution >= 4 is 34.3 Å². The highest BCUT2D eigenvalue weighted by atomic mass is 35.5. The SMILES string of the molecule is O=C(c1ccccc1Cl)N1CCC(N(Cc2ccnc3ccccc23)C(=O)C(F)(F)F)CC1Cc1ccccc1. The Hall–Kier alpha value is -3.91. The van der Waals surface area contributed by atoms with E-state index in [4.69, 9.17) is 11.6 Å². The van der Waals surface area contributed by atoms with Gasteiger partial charge in [0.25, 0.3) is 5.91 Å². The molecule has 9 heteroatoms. The van der Waals surface area contributed by atoms with Gasteiger partial charge in [-0.15, -0.1) is 0 Å². The molecule has 1 fully saturated rings. The van der Waals surface area contributed by atoms with Gasteiger partial charge in [-0.3, -0.25) is 14.6 Å². The molecule has 206 valence electrons. The Morgan fingerprint density at radius 1 is 0.950 bits per heavy atom. The molecule has 1 aliphatic heterocycles. The lowest BCUT2D eigenvalue weighted by molar-refractivity contribution is -0.189. The highest BCUT2D eigenvalue weighted by Crippen LogP contribution is 2.32. The van der Waals surface area contributed by atoms with E-state index >= 15 is 0 Å². The van der Waals surface area contributed by atoms with Gasteiger partial charge < -0.3 is 9.80 Å². The average molecular weight is 566 g/mol. The lowest BCUT2D eigenvalue weighted by atomic mass is 9.90. The van der Waals surface area contributed by atoms with Crippen molar-refractivity contribution in [1.82, 2.24) is 14.8 Å². The summed E-state index contributed by atoms with van der Waals surface area (Å²) in [5.41, 5.74) is 2.50. The first kappa shape index (κ1) is 27.6. The van der Waals surface area contributed by atoms with Crippen molar-refractivity contribution in [3.63, 3.8) is 0 Å². The molecule has 0 N–H and O–H groups in total. The predicted molar refractivity (Wildman–Crippen MR) is 148 cm³/mol. The normalized spacial score (nSPS) is 17.6. The number of rotatable bonds is 6. The number of likely N-dealkylation sites (tertiary alicyclic amines) is 1. The van der Waals surface area contributed by atoms with E-state index in [0.717, 1.165) is 10.5 Å². The molecule has 1 saturated heterocycles. The molecular weight excluding hydrogens is 539 g/mol. The quantitative estimate of drug-likeness (QED) is 0.262. The molecule has 3 aromatic carbocycles. The molecular formula is C31H27ClF3N3O2. The number of benzene rings is 3. The predicted octanol–water partition coefficient (Wildman–Crippen LogP) is 6.70. The standard InChI is InChI=1S/C31H27ClF3N3O2/c32-27-12-6-4-11-26(27)29(39)37-17-15-23(19-24(37)18-21-8-2-1-3-9-21)38(30(40)31(33,34)35)20-22-14-16-36-28-13-7-5-10-25(22)28/h1-14,16,23-24H,15,17-20H2. The minimum atomic E-state index is -5.04. The average Bonchev–Trinajstić information content (AvgIpc) is 2.95. The number of para-hydroxylation sites is 1. The number of hydrogen-bond donors (Lipinski definition) is 0. The summed E-state index contributed by atoms with van der Waals surface area (Å²) in [5.74, 6) is -2.17. The number of amides is 2. The molecule has 0 spiro atoms. The Kier molecular flexibility index (Phi) is 8.07. The highest BCUT2D eigenvalue weighted by molar-refractivity contribution is 6.33. The number of aromatic nitrogens is 1. The van der Waals surface area contributed by atoms with Crippen molar-refractivity contribution < 1.29 is 22.8 Å². The minimum absolute atomic E-state index is 0.185. The topological polar surface area (TPSA) is 53.5 Å². The summed E-state index contributed by atoms with van der Waals surface area (Å²) in [4.78, 5) is 33.4. The third-order valence-electron chi connectivity index (χ3n) is 7.39. The van der Waals surface area contributed by atoms with Crippen LogP contribution >= 0.6 is 11.6 Å². The number of alkyl halides is 3. The zero-order valence-corrected chi connectivity index (χ0v) is 22.3. The number of nitrogens with zero attached hydrogens (tertiary/aromatic N) is 3. The molecule has 5 rings (SSSR count). The van der Waals surface area contributed by atoms with Gasteiger partial charge in [0.05, 0.1) is 16.1 Å². The molecule has 2 amide bonds. The highest BCUT2D eigenvalue weighted by Gasteiger charge is 2.46.